The van der Waals surface area contributed by atoms with Gasteiger partial charge in [-0.25, -0.2) is 4.68 Å². The van der Waals surface area contributed by atoms with Crippen LogP contribution >= 0.6 is 0 Å². The molecule has 7 heteroatoms. The van der Waals surface area contributed by atoms with E-state index in [1.54, 1.807) is 0 Å². The van der Waals surface area contributed by atoms with Crippen LogP contribution in [0.4, 0.5) is 0 Å². The lowest BCUT2D eigenvalue weighted by molar-refractivity contribution is 0.263. The first kappa shape index (κ1) is 19.6. The van der Waals surface area contributed by atoms with Gasteiger partial charge in [-0.1, -0.05) is 30.3 Å². The molecule has 5 rings (SSSR count). The predicted octanol–water partition coefficient (Wildman–Crippen LogP) is 3.36. The molecule has 0 unspecified atom stereocenters. The third kappa shape index (κ3) is 3.77. The summed E-state index contributed by atoms with van der Waals surface area (Å²) in [7, 11) is 0. The van der Waals surface area contributed by atoms with Crippen molar-refractivity contribution in [3.63, 3.8) is 0 Å². The van der Waals surface area contributed by atoms with E-state index in [0.717, 1.165) is 42.4 Å². The summed E-state index contributed by atoms with van der Waals surface area (Å²) in [5.41, 5.74) is 4.97. The second kappa shape index (κ2) is 8.07. The lowest BCUT2D eigenvalue weighted by Gasteiger charge is -2.26. The van der Waals surface area contributed by atoms with Crippen molar-refractivity contribution in [1.29, 1.82) is 0 Å². The molecule has 1 N–H and O–H groups in total. The molecule has 1 saturated heterocycles. The topological polar surface area (TPSA) is 79.7 Å². The Morgan fingerprint density at radius 3 is 2.55 bits per heavy atom. The van der Waals surface area contributed by atoms with Crippen LogP contribution in [-0.2, 0) is 6.54 Å². The molecule has 1 aliphatic heterocycles. The number of nitrogens with one attached hydrogen (secondary N) is 1. The highest BCUT2D eigenvalue weighted by Gasteiger charge is 2.32. The minimum atomic E-state index is -0.282. The summed E-state index contributed by atoms with van der Waals surface area (Å²) in [4.78, 5) is 18.7. The van der Waals surface area contributed by atoms with E-state index in [1.165, 1.54) is 11.1 Å². The molecule has 2 aromatic heterocycles. The number of tetrazole rings is 1. The van der Waals surface area contributed by atoms with Crippen molar-refractivity contribution in [3.05, 3.63) is 87.0 Å². The van der Waals surface area contributed by atoms with Crippen LogP contribution in [0.5, 0.6) is 0 Å². The van der Waals surface area contributed by atoms with Crippen LogP contribution < -0.4 is 5.56 Å². The van der Waals surface area contributed by atoms with Gasteiger partial charge >= 0.3 is 0 Å². The molecule has 1 atom stereocenters. The first-order valence-electron chi connectivity index (χ1n) is 10.8. The molecule has 0 amide bonds. The predicted molar refractivity (Wildman–Crippen MR) is 120 cm³/mol. The smallest absolute Gasteiger partial charge is 0.253 e. The Bertz CT molecular complexity index is 1270. The van der Waals surface area contributed by atoms with Crippen LogP contribution in [0.2, 0.25) is 0 Å². The van der Waals surface area contributed by atoms with Crippen molar-refractivity contribution >= 4 is 10.9 Å². The number of rotatable bonds is 5. The van der Waals surface area contributed by atoms with Gasteiger partial charge in [-0.2, -0.15) is 0 Å². The van der Waals surface area contributed by atoms with Crippen LogP contribution in [-0.4, -0.2) is 43.2 Å². The number of hydrogen-bond donors (Lipinski definition) is 1. The van der Waals surface area contributed by atoms with Gasteiger partial charge in [0.2, 0.25) is 0 Å². The summed E-state index contributed by atoms with van der Waals surface area (Å²) in [6, 6.07) is 16.1. The number of aromatic nitrogens is 5. The third-order valence-corrected chi connectivity index (χ3v) is 6.27. The number of nitrogens with zero attached hydrogens (tertiary/aromatic N) is 5. The zero-order valence-corrected chi connectivity index (χ0v) is 17.9. The maximum atomic E-state index is 13.2. The van der Waals surface area contributed by atoms with Crippen molar-refractivity contribution in [2.24, 2.45) is 0 Å². The first-order chi connectivity index (χ1) is 15.1. The number of aryl methyl sites for hydroxylation is 2. The number of H-pyrrole nitrogens is 1. The standard InChI is InChI=1S/C24H26N6O/c1-16-12-19-14-20(24(31)25-21(19)13-17(16)2)22(29-10-6-7-11-29)23-26-27-28-30(23)15-18-8-4-3-5-9-18/h3-5,8-9,12-14,22H,6-7,10-11,15H2,1-2H3,(H,25,31)/t22-/m1/s1. The van der Waals surface area contributed by atoms with Gasteiger partial charge < -0.3 is 4.98 Å². The van der Waals surface area contributed by atoms with Crippen LogP contribution in [0.25, 0.3) is 10.9 Å². The highest BCUT2D eigenvalue weighted by molar-refractivity contribution is 5.81. The van der Waals surface area contributed by atoms with Crippen molar-refractivity contribution in [2.45, 2.75) is 39.3 Å². The Balaban J connectivity index is 1.63. The SMILES string of the molecule is Cc1cc2cc([C@H](c3nnnn3Cc3ccccc3)N3CCCC3)c(=O)[nH]c2cc1C. The second-order valence-electron chi connectivity index (χ2n) is 8.40. The normalized spacial score (nSPS) is 15.5. The molecule has 3 heterocycles. The molecule has 4 aromatic rings. The quantitative estimate of drug-likeness (QED) is 0.542. The summed E-state index contributed by atoms with van der Waals surface area (Å²) in [5, 5.41) is 13.7. The summed E-state index contributed by atoms with van der Waals surface area (Å²) in [6.45, 7) is 6.57. The summed E-state index contributed by atoms with van der Waals surface area (Å²) >= 11 is 0. The van der Waals surface area contributed by atoms with E-state index >= 15 is 0 Å². The molecule has 158 valence electrons. The van der Waals surface area contributed by atoms with Gasteiger partial charge in [-0.05, 0) is 90.5 Å². The first-order valence-corrected chi connectivity index (χ1v) is 10.8. The Morgan fingerprint density at radius 2 is 1.77 bits per heavy atom. The van der Waals surface area contributed by atoms with Crippen molar-refractivity contribution in [1.82, 2.24) is 30.1 Å². The monoisotopic (exact) mass is 414 g/mol. The van der Waals surface area contributed by atoms with E-state index in [1.807, 2.05) is 35.0 Å². The number of benzene rings is 2. The van der Waals surface area contributed by atoms with Crippen LogP contribution in [0, 0.1) is 13.8 Å². The van der Waals surface area contributed by atoms with Gasteiger partial charge in [-0.3, -0.25) is 9.69 Å². The molecule has 7 nitrogen and oxygen atoms in total. The molecular weight excluding hydrogens is 388 g/mol. The minimum absolute atomic E-state index is 0.0816. The number of fused-ring (bicyclic) bond motifs is 1. The molecule has 1 aliphatic rings. The maximum Gasteiger partial charge on any atom is 0.253 e. The third-order valence-electron chi connectivity index (χ3n) is 6.27. The average molecular weight is 415 g/mol. The Hall–Kier alpha value is -3.32. The number of aromatic amines is 1. The van der Waals surface area contributed by atoms with Gasteiger partial charge in [0.1, 0.15) is 6.04 Å². The highest BCUT2D eigenvalue weighted by atomic mass is 16.1. The van der Waals surface area contributed by atoms with Crippen LogP contribution in [0.1, 0.15) is 47.0 Å². The number of hydrogen-bond acceptors (Lipinski definition) is 5. The van der Waals surface area contributed by atoms with Crippen molar-refractivity contribution in [2.75, 3.05) is 13.1 Å². The van der Waals surface area contributed by atoms with E-state index in [9.17, 15) is 4.79 Å². The lowest BCUT2D eigenvalue weighted by Crippen LogP contribution is -2.33. The minimum Gasteiger partial charge on any atom is -0.322 e. The Morgan fingerprint density at radius 1 is 1.03 bits per heavy atom. The van der Waals surface area contributed by atoms with Gasteiger partial charge in [0, 0.05) is 11.1 Å². The summed E-state index contributed by atoms with van der Waals surface area (Å²) in [5.74, 6) is 0.708. The molecular formula is C24H26N6O. The van der Waals surface area contributed by atoms with Crippen LogP contribution in [0.15, 0.2) is 53.3 Å². The van der Waals surface area contributed by atoms with E-state index < -0.39 is 0 Å². The molecule has 2 aromatic carbocycles. The van der Waals surface area contributed by atoms with Gasteiger partial charge in [-0.15, -0.1) is 5.10 Å². The van der Waals surface area contributed by atoms with Crippen LogP contribution in [0.3, 0.4) is 0 Å². The van der Waals surface area contributed by atoms with E-state index in [2.05, 4.69) is 57.5 Å². The van der Waals surface area contributed by atoms with Crippen molar-refractivity contribution in [3.8, 4) is 0 Å². The summed E-state index contributed by atoms with van der Waals surface area (Å²) in [6.07, 6.45) is 2.22. The number of pyridine rings is 1. The highest BCUT2D eigenvalue weighted by Crippen LogP contribution is 2.30. The molecule has 0 aliphatic carbocycles. The largest absolute Gasteiger partial charge is 0.322 e. The fourth-order valence-electron chi connectivity index (χ4n) is 4.47. The Labute approximate surface area is 180 Å². The fourth-order valence-corrected chi connectivity index (χ4v) is 4.47. The van der Waals surface area contributed by atoms with E-state index in [4.69, 9.17) is 0 Å². The zero-order valence-electron chi connectivity index (χ0n) is 17.9. The zero-order chi connectivity index (χ0) is 21.4. The van der Waals surface area contributed by atoms with Crippen molar-refractivity contribution < 1.29 is 0 Å². The van der Waals surface area contributed by atoms with Gasteiger partial charge in [0.25, 0.3) is 5.56 Å². The molecule has 0 spiro atoms. The lowest BCUT2D eigenvalue weighted by atomic mass is 10.0. The van der Waals surface area contributed by atoms with Gasteiger partial charge in [0.05, 0.1) is 6.54 Å². The Kier molecular flexibility index (Phi) is 5.11. The molecule has 0 saturated carbocycles. The summed E-state index contributed by atoms with van der Waals surface area (Å²) < 4.78 is 1.82. The molecule has 31 heavy (non-hydrogen) atoms. The molecule has 0 radical (unpaired) electrons. The van der Waals surface area contributed by atoms with E-state index in [0.29, 0.717) is 17.9 Å². The van der Waals surface area contributed by atoms with Gasteiger partial charge in [0.15, 0.2) is 5.82 Å². The second-order valence-corrected chi connectivity index (χ2v) is 8.40. The average Bonchev–Trinajstić information content (AvgIpc) is 3.44. The van der Waals surface area contributed by atoms with E-state index in [-0.39, 0.29) is 11.6 Å². The fraction of sp³-hybridized carbons (Fsp3) is 0.333. The maximum absolute atomic E-state index is 13.2. The molecule has 1 fully saturated rings. The molecule has 0 bridgehead atoms. The number of likely N-dealkylation sites (tertiary alicyclic amines) is 1.